The molecule has 0 saturated heterocycles. The van der Waals surface area contributed by atoms with Crippen molar-refractivity contribution < 1.29 is 12.6 Å². The van der Waals surface area contributed by atoms with Crippen LogP contribution in [0.15, 0.2) is 0 Å². The summed E-state index contributed by atoms with van der Waals surface area (Å²) in [6, 6.07) is 0. The maximum atomic E-state index is 10.9. The molecule has 0 unspecified atom stereocenters. The maximum Gasteiger partial charge on any atom is 0.309 e. The summed E-state index contributed by atoms with van der Waals surface area (Å²) in [6.45, 7) is 7.80. The van der Waals surface area contributed by atoms with Gasteiger partial charge in [-0.2, -0.15) is 0 Å². The lowest BCUT2D eigenvalue weighted by Crippen LogP contribution is -2.39. The van der Waals surface area contributed by atoms with Crippen LogP contribution in [0.25, 0.3) is 0 Å². The van der Waals surface area contributed by atoms with E-state index < -0.39 is 23.2 Å². The van der Waals surface area contributed by atoms with Crippen LogP contribution in [0, 0.1) is 10.8 Å². The van der Waals surface area contributed by atoms with Crippen molar-refractivity contribution in [3.8, 4) is 0 Å². The molecule has 0 aliphatic rings. The minimum atomic E-state index is -1.52. The number of hydrogen-bond donors (Lipinski definition) is 1. The topological polar surface area (TPSA) is 37.3 Å². The van der Waals surface area contributed by atoms with E-state index in [1.54, 1.807) is 27.7 Å². The van der Waals surface area contributed by atoms with Crippen LogP contribution in [0.3, 0.4) is 0 Å². The van der Waals surface area contributed by atoms with E-state index in [1.165, 1.54) is 6.92 Å². The molecule has 0 saturated carbocycles. The first-order chi connectivity index (χ1) is 5.44. The van der Waals surface area contributed by atoms with Crippen molar-refractivity contribution in [2.24, 2.45) is 10.8 Å². The Morgan fingerprint density at radius 2 is 1.82 bits per heavy atom. The van der Waals surface area contributed by atoms with Gasteiger partial charge >= 0.3 is 5.97 Å². The van der Waals surface area contributed by atoms with Gasteiger partial charge in [0.05, 0.1) is 5.41 Å². The number of hydrogen-bond acceptors (Lipinski definition) is 1. The molecule has 0 aromatic rings. The molecular formula is C9H18O2. The Labute approximate surface area is 71.4 Å². The molecule has 0 bridgehead atoms. The Hall–Kier alpha value is -0.530. The Kier molecular flexibility index (Phi) is 1.84. The Morgan fingerprint density at radius 1 is 1.45 bits per heavy atom. The summed E-state index contributed by atoms with van der Waals surface area (Å²) in [7, 11) is 0. The fourth-order valence-electron chi connectivity index (χ4n) is 0.580. The van der Waals surface area contributed by atoms with E-state index in [0.717, 1.165) is 0 Å². The smallest absolute Gasteiger partial charge is 0.309 e. The Bertz CT molecular complexity index is 214. The second-order valence-electron chi connectivity index (χ2n) is 3.81. The molecule has 0 amide bonds. The average Bonchev–Trinajstić information content (AvgIpc) is 1.84. The molecule has 0 aromatic carbocycles. The molecule has 0 radical (unpaired) electrons. The Morgan fingerprint density at radius 3 is 1.91 bits per heavy atom. The molecule has 0 aliphatic carbocycles. The summed E-state index contributed by atoms with van der Waals surface area (Å²) in [5, 5.41) is 8.97. The largest absolute Gasteiger partial charge is 0.481 e. The third kappa shape index (κ3) is 1.73. The van der Waals surface area contributed by atoms with Gasteiger partial charge in [0.2, 0.25) is 0 Å². The molecule has 0 aliphatic heterocycles. The second-order valence-corrected chi connectivity index (χ2v) is 3.81. The summed E-state index contributed by atoms with van der Waals surface area (Å²) >= 11 is 0. The average molecular weight is 160 g/mol. The minimum Gasteiger partial charge on any atom is -0.481 e. The van der Waals surface area contributed by atoms with E-state index in [4.69, 9.17) is 7.85 Å². The summed E-state index contributed by atoms with van der Waals surface area (Å²) in [6.07, 6.45) is -1.52. The summed E-state index contributed by atoms with van der Waals surface area (Å²) in [4.78, 5) is 10.9. The predicted molar refractivity (Wildman–Crippen MR) is 45.5 cm³/mol. The van der Waals surface area contributed by atoms with Crippen molar-refractivity contribution in [3.05, 3.63) is 0 Å². The van der Waals surface area contributed by atoms with Gasteiger partial charge in [0.1, 0.15) is 0 Å². The van der Waals surface area contributed by atoms with E-state index in [9.17, 15) is 4.79 Å². The van der Waals surface area contributed by atoms with Gasteiger partial charge in [-0.1, -0.05) is 20.8 Å². The van der Waals surface area contributed by atoms with Gasteiger partial charge in [-0.15, -0.1) is 0 Å². The fraction of sp³-hybridized carbons (Fsp3) is 0.889. The highest BCUT2D eigenvalue weighted by atomic mass is 16.4. The van der Waals surface area contributed by atoms with Crippen LogP contribution in [-0.2, 0) is 4.79 Å². The number of carbonyl (C=O) groups is 1. The summed E-state index contributed by atoms with van der Waals surface area (Å²) in [5.74, 6) is -0.969. The molecular weight excluding hydrogens is 140 g/mol. The highest BCUT2D eigenvalue weighted by Crippen LogP contribution is 2.41. The lowest BCUT2D eigenvalue weighted by Gasteiger charge is -2.37. The zero-order valence-corrected chi connectivity index (χ0v) is 7.86. The highest BCUT2D eigenvalue weighted by molar-refractivity contribution is 5.74. The van der Waals surface area contributed by atoms with Crippen LogP contribution in [0.4, 0.5) is 0 Å². The number of carboxylic acids is 1. The van der Waals surface area contributed by atoms with Crippen molar-refractivity contribution in [2.45, 2.75) is 41.0 Å². The SMILES string of the molecule is [2H]C([2H])(C)C(C)(C)C(C)(C)C(=O)O. The van der Waals surface area contributed by atoms with Crippen molar-refractivity contribution in [2.75, 3.05) is 0 Å². The van der Waals surface area contributed by atoms with Gasteiger partial charge in [0.15, 0.2) is 0 Å². The van der Waals surface area contributed by atoms with Gasteiger partial charge in [0, 0.05) is 2.74 Å². The second kappa shape index (κ2) is 2.84. The molecule has 2 nitrogen and oxygen atoms in total. The third-order valence-electron chi connectivity index (χ3n) is 2.72. The van der Waals surface area contributed by atoms with E-state index in [-0.39, 0.29) is 0 Å². The molecule has 0 rings (SSSR count). The molecule has 66 valence electrons. The minimum absolute atomic E-state index is 0.911. The van der Waals surface area contributed by atoms with Crippen LogP contribution in [-0.4, -0.2) is 11.1 Å². The normalized spacial score (nSPS) is 17.2. The summed E-state index contributed by atoms with van der Waals surface area (Å²) < 4.78 is 15.2. The van der Waals surface area contributed by atoms with Crippen LogP contribution in [0.1, 0.15) is 43.7 Å². The molecule has 1 N–H and O–H groups in total. The molecule has 0 spiro atoms. The summed E-state index contributed by atoms with van der Waals surface area (Å²) in [5.41, 5.74) is -1.99. The first-order valence-electron chi connectivity index (χ1n) is 4.68. The van der Waals surface area contributed by atoms with Crippen molar-refractivity contribution in [3.63, 3.8) is 0 Å². The van der Waals surface area contributed by atoms with Gasteiger partial charge in [-0.3, -0.25) is 4.79 Å². The zero-order valence-electron chi connectivity index (χ0n) is 9.86. The number of carboxylic acid groups (broad SMARTS) is 1. The van der Waals surface area contributed by atoms with Crippen molar-refractivity contribution >= 4 is 5.97 Å². The molecule has 0 heterocycles. The van der Waals surface area contributed by atoms with Crippen molar-refractivity contribution in [1.82, 2.24) is 0 Å². The molecule has 2 heteroatoms. The van der Waals surface area contributed by atoms with Crippen LogP contribution >= 0.6 is 0 Å². The van der Waals surface area contributed by atoms with Gasteiger partial charge in [-0.05, 0) is 25.6 Å². The van der Waals surface area contributed by atoms with E-state index in [2.05, 4.69) is 0 Å². The van der Waals surface area contributed by atoms with Crippen LogP contribution < -0.4 is 0 Å². The maximum absolute atomic E-state index is 10.9. The molecule has 11 heavy (non-hydrogen) atoms. The monoisotopic (exact) mass is 160 g/mol. The standard InChI is InChI=1S/C9H18O2/c1-6-8(2,3)9(4,5)7(10)11/h6H2,1-5H3,(H,10,11)/i6D2. The highest BCUT2D eigenvalue weighted by Gasteiger charge is 2.41. The van der Waals surface area contributed by atoms with E-state index in [1.807, 2.05) is 0 Å². The zero-order chi connectivity index (χ0) is 11.1. The van der Waals surface area contributed by atoms with Gasteiger partial charge in [0.25, 0.3) is 0 Å². The molecule has 0 atom stereocenters. The van der Waals surface area contributed by atoms with Gasteiger partial charge < -0.3 is 5.11 Å². The third-order valence-corrected chi connectivity index (χ3v) is 2.72. The lowest BCUT2D eigenvalue weighted by molar-refractivity contribution is -0.154. The molecule has 0 aromatic heterocycles. The van der Waals surface area contributed by atoms with Crippen molar-refractivity contribution in [1.29, 1.82) is 0 Å². The fourth-order valence-corrected chi connectivity index (χ4v) is 0.580. The Balaban J connectivity index is 5.16. The van der Waals surface area contributed by atoms with E-state index in [0.29, 0.717) is 0 Å². The quantitative estimate of drug-likeness (QED) is 0.688. The predicted octanol–water partition coefficient (Wildman–Crippen LogP) is 2.53. The van der Waals surface area contributed by atoms with Crippen LogP contribution in [0.5, 0.6) is 0 Å². The first-order valence-corrected chi connectivity index (χ1v) is 3.68. The molecule has 0 fully saturated rings. The number of aliphatic carboxylic acids is 1. The lowest BCUT2D eigenvalue weighted by atomic mass is 9.66. The van der Waals surface area contributed by atoms with E-state index >= 15 is 0 Å². The first kappa shape index (κ1) is 7.14. The van der Waals surface area contributed by atoms with Gasteiger partial charge in [-0.25, -0.2) is 0 Å². The number of rotatable bonds is 3. The van der Waals surface area contributed by atoms with Crippen LogP contribution in [0.2, 0.25) is 0 Å².